The highest BCUT2D eigenvalue weighted by atomic mass is 16.6. The van der Waals surface area contributed by atoms with Gasteiger partial charge in [-0.25, -0.2) is 4.79 Å². The molecule has 0 heterocycles. The molecule has 0 aromatic heterocycles. The predicted molar refractivity (Wildman–Crippen MR) is 105 cm³/mol. The van der Waals surface area contributed by atoms with E-state index in [4.69, 9.17) is 9.84 Å². The Hall–Kier alpha value is -4.06. The van der Waals surface area contributed by atoms with Gasteiger partial charge in [0, 0.05) is 49.2 Å². The number of nitrogens with one attached hydrogen (secondary N) is 1. The Morgan fingerprint density at radius 1 is 1.07 bits per heavy atom. The Bertz CT molecular complexity index is 961. The quantitative estimate of drug-likeness (QED) is 0.350. The number of amides is 1. The van der Waals surface area contributed by atoms with E-state index < -0.39 is 28.3 Å². The Kier molecular flexibility index (Phi) is 7.36. The Labute approximate surface area is 170 Å². The molecule has 0 saturated heterocycles. The monoisotopic (exact) mass is 418 g/mol. The zero-order chi connectivity index (χ0) is 22.3. The number of likely N-dealkylation sites (N-methyl/N-ethyl adjacent to an activating group) is 1. The number of nitro groups is 2. The Balaban J connectivity index is 2.09. The molecule has 1 amide bonds. The molecule has 0 saturated carbocycles. The van der Waals surface area contributed by atoms with Gasteiger partial charge in [0.2, 0.25) is 0 Å². The van der Waals surface area contributed by atoms with Crippen molar-refractivity contribution in [2.24, 2.45) is 0 Å². The first-order valence-electron chi connectivity index (χ1n) is 8.56. The Morgan fingerprint density at radius 3 is 2.23 bits per heavy atom. The number of aliphatic hydroxyl groups excluding tert-OH is 1. The first-order valence-corrected chi connectivity index (χ1v) is 8.56. The van der Waals surface area contributed by atoms with Crippen molar-refractivity contribution in [1.29, 1.82) is 0 Å². The fourth-order valence-electron chi connectivity index (χ4n) is 2.40. The smallest absolute Gasteiger partial charge is 0.341 e. The number of nitrogens with zero attached hydrogens (tertiary/aromatic N) is 3. The summed E-state index contributed by atoms with van der Waals surface area (Å²) < 4.78 is 4.99. The third kappa shape index (κ3) is 5.48. The number of hydrogen-bond donors (Lipinski definition) is 2. The summed E-state index contributed by atoms with van der Waals surface area (Å²) in [5.41, 5.74) is -0.0907. The van der Waals surface area contributed by atoms with E-state index in [9.17, 15) is 29.8 Å². The maximum Gasteiger partial charge on any atom is 0.341 e. The molecule has 0 bridgehead atoms. The van der Waals surface area contributed by atoms with E-state index >= 15 is 0 Å². The first-order chi connectivity index (χ1) is 14.2. The minimum absolute atomic E-state index is 0.0971. The van der Waals surface area contributed by atoms with Crippen molar-refractivity contribution in [3.8, 4) is 0 Å². The second kappa shape index (κ2) is 9.93. The van der Waals surface area contributed by atoms with Crippen LogP contribution in [0.3, 0.4) is 0 Å². The average Bonchev–Trinajstić information content (AvgIpc) is 2.75. The number of nitro benzene ring substituents is 2. The van der Waals surface area contributed by atoms with Gasteiger partial charge in [0.15, 0.2) is 6.61 Å². The number of anilines is 2. The van der Waals surface area contributed by atoms with Gasteiger partial charge >= 0.3 is 5.97 Å². The van der Waals surface area contributed by atoms with Crippen molar-refractivity contribution in [2.75, 3.05) is 37.0 Å². The molecule has 0 atom stereocenters. The van der Waals surface area contributed by atoms with Gasteiger partial charge in [-0.15, -0.1) is 0 Å². The maximum absolute atomic E-state index is 12.4. The van der Waals surface area contributed by atoms with Gasteiger partial charge in [-0.05, 0) is 18.2 Å². The molecular formula is C18H18N4O8. The topological polar surface area (TPSA) is 165 Å². The number of non-ortho nitro benzene ring substituents is 2. The number of benzene rings is 2. The van der Waals surface area contributed by atoms with E-state index in [-0.39, 0.29) is 35.8 Å². The van der Waals surface area contributed by atoms with Crippen molar-refractivity contribution in [1.82, 2.24) is 0 Å². The standard InChI is InChI=1S/C18H18N4O8/c1-20(12-2-4-13(5-3-12)21(26)27)17(24)11-30-18(25)15-10-14(22(28)29)6-7-16(15)19-8-9-23/h2-7,10,19,23H,8-9,11H2,1H3. The van der Waals surface area contributed by atoms with Crippen molar-refractivity contribution < 1.29 is 29.3 Å². The first kappa shape index (κ1) is 22.2. The van der Waals surface area contributed by atoms with E-state index in [1.807, 2.05) is 0 Å². The van der Waals surface area contributed by atoms with Crippen molar-refractivity contribution >= 4 is 34.6 Å². The summed E-state index contributed by atoms with van der Waals surface area (Å²) in [6.45, 7) is -0.793. The largest absolute Gasteiger partial charge is 0.452 e. The lowest BCUT2D eigenvalue weighted by atomic mass is 10.1. The molecule has 2 aromatic rings. The lowest BCUT2D eigenvalue weighted by Gasteiger charge is -2.17. The summed E-state index contributed by atoms with van der Waals surface area (Å²) in [6.07, 6.45) is 0. The normalized spacial score (nSPS) is 10.2. The number of rotatable bonds is 9. The molecule has 12 heteroatoms. The molecule has 0 radical (unpaired) electrons. The fourth-order valence-corrected chi connectivity index (χ4v) is 2.40. The molecule has 12 nitrogen and oxygen atoms in total. The number of carbonyl (C=O) groups is 2. The zero-order valence-electron chi connectivity index (χ0n) is 15.8. The van der Waals surface area contributed by atoms with E-state index in [1.54, 1.807) is 0 Å². The van der Waals surface area contributed by atoms with E-state index in [0.717, 1.165) is 11.0 Å². The van der Waals surface area contributed by atoms with Crippen LogP contribution >= 0.6 is 0 Å². The summed E-state index contributed by atoms with van der Waals surface area (Å²) in [7, 11) is 1.40. The molecule has 0 unspecified atom stereocenters. The van der Waals surface area contributed by atoms with Crippen molar-refractivity contribution in [2.45, 2.75) is 0 Å². The predicted octanol–water partition coefficient (Wildman–Crippen LogP) is 1.73. The lowest BCUT2D eigenvalue weighted by Crippen LogP contribution is -2.31. The van der Waals surface area contributed by atoms with Crippen LogP contribution in [0, 0.1) is 20.2 Å². The van der Waals surface area contributed by atoms with Gasteiger partial charge in [0.25, 0.3) is 17.3 Å². The number of carbonyl (C=O) groups excluding carboxylic acids is 2. The van der Waals surface area contributed by atoms with E-state index in [0.29, 0.717) is 5.69 Å². The summed E-state index contributed by atoms with van der Waals surface area (Å²) in [5, 5.41) is 33.3. The molecule has 0 fully saturated rings. The number of esters is 1. The van der Waals surface area contributed by atoms with Crippen molar-refractivity contribution in [3.63, 3.8) is 0 Å². The number of aliphatic hydroxyl groups is 1. The van der Waals surface area contributed by atoms with Crippen LogP contribution in [0.5, 0.6) is 0 Å². The minimum atomic E-state index is -0.968. The van der Waals surface area contributed by atoms with E-state index in [2.05, 4.69) is 5.32 Å². The molecule has 0 spiro atoms. The summed E-state index contributed by atoms with van der Waals surface area (Å²) in [5.74, 6) is -1.59. The van der Waals surface area contributed by atoms with Gasteiger partial charge in [-0.3, -0.25) is 25.0 Å². The van der Waals surface area contributed by atoms with Crippen LogP contribution in [0.15, 0.2) is 42.5 Å². The van der Waals surface area contributed by atoms with Gasteiger partial charge in [-0.1, -0.05) is 0 Å². The van der Waals surface area contributed by atoms with Crippen LogP contribution in [0.1, 0.15) is 10.4 Å². The molecule has 0 aliphatic rings. The molecule has 158 valence electrons. The van der Waals surface area contributed by atoms with Crippen molar-refractivity contribution in [3.05, 3.63) is 68.3 Å². The van der Waals surface area contributed by atoms with Crippen LogP contribution in [-0.2, 0) is 9.53 Å². The lowest BCUT2D eigenvalue weighted by molar-refractivity contribution is -0.385. The van der Waals surface area contributed by atoms with Gasteiger partial charge in [0.05, 0.1) is 22.0 Å². The summed E-state index contributed by atoms with van der Waals surface area (Å²) >= 11 is 0. The fraction of sp³-hybridized carbons (Fsp3) is 0.222. The highest BCUT2D eigenvalue weighted by Gasteiger charge is 2.20. The zero-order valence-corrected chi connectivity index (χ0v) is 15.8. The molecule has 2 N–H and O–H groups in total. The van der Waals surface area contributed by atoms with Crippen LogP contribution in [0.25, 0.3) is 0 Å². The molecule has 0 aliphatic heterocycles. The average molecular weight is 418 g/mol. The second-order valence-corrected chi connectivity index (χ2v) is 5.94. The molecule has 2 rings (SSSR count). The van der Waals surface area contributed by atoms with E-state index in [1.165, 1.54) is 43.4 Å². The third-order valence-corrected chi connectivity index (χ3v) is 4.01. The minimum Gasteiger partial charge on any atom is -0.452 e. The van der Waals surface area contributed by atoms with Crippen LogP contribution in [-0.4, -0.2) is 53.6 Å². The molecule has 30 heavy (non-hydrogen) atoms. The summed E-state index contributed by atoms with van der Waals surface area (Å²) in [4.78, 5) is 46.2. The number of hydrogen-bond acceptors (Lipinski definition) is 9. The van der Waals surface area contributed by atoms with Gasteiger partial charge < -0.3 is 20.1 Å². The van der Waals surface area contributed by atoms with Crippen LogP contribution in [0.2, 0.25) is 0 Å². The summed E-state index contributed by atoms with van der Waals surface area (Å²) in [6, 6.07) is 8.69. The van der Waals surface area contributed by atoms with Crippen LogP contribution in [0.4, 0.5) is 22.7 Å². The SMILES string of the molecule is CN(C(=O)COC(=O)c1cc([N+](=O)[O-])ccc1NCCO)c1ccc([N+](=O)[O-])cc1. The Morgan fingerprint density at radius 2 is 1.67 bits per heavy atom. The molecular weight excluding hydrogens is 400 g/mol. The highest BCUT2D eigenvalue weighted by molar-refractivity contribution is 5.99. The number of ether oxygens (including phenoxy) is 1. The highest BCUT2D eigenvalue weighted by Crippen LogP contribution is 2.23. The molecule has 2 aromatic carbocycles. The third-order valence-electron chi connectivity index (χ3n) is 4.01. The van der Waals surface area contributed by atoms with Crippen LogP contribution < -0.4 is 10.2 Å². The van der Waals surface area contributed by atoms with Gasteiger partial charge in [-0.2, -0.15) is 0 Å². The second-order valence-electron chi connectivity index (χ2n) is 5.94. The molecule has 0 aliphatic carbocycles. The van der Waals surface area contributed by atoms with Gasteiger partial charge in [0.1, 0.15) is 0 Å². The maximum atomic E-state index is 12.4.